The maximum absolute atomic E-state index is 13.4. The topological polar surface area (TPSA) is 67.7 Å². The number of fused-ring (bicyclic) bond motifs is 1. The molecule has 7 nitrogen and oxygen atoms in total. The summed E-state index contributed by atoms with van der Waals surface area (Å²) in [6.07, 6.45) is 0. The van der Waals surface area contributed by atoms with E-state index in [1.807, 2.05) is 0 Å². The van der Waals surface area contributed by atoms with Crippen molar-refractivity contribution in [3.63, 3.8) is 0 Å². The van der Waals surface area contributed by atoms with Gasteiger partial charge in [-0.15, -0.1) is 0 Å². The number of nitrogens with zero attached hydrogens (tertiary/aromatic N) is 4. The van der Waals surface area contributed by atoms with Crippen LogP contribution in [0.1, 0.15) is 26.5 Å². The molecule has 2 aliphatic rings. The molecule has 1 aromatic carbocycles. The van der Waals surface area contributed by atoms with Crippen molar-refractivity contribution in [1.82, 2.24) is 19.6 Å². The van der Waals surface area contributed by atoms with Gasteiger partial charge in [0.1, 0.15) is 11.5 Å². The molecule has 26 heavy (non-hydrogen) atoms. The van der Waals surface area contributed by atoms with E-state index >= 15 is 0 Å². The molecule has 0 bridgehead atoms. The number of benzene rings is 1. The van der Waals surface area contributed by atoms with Gasteiger partial charge >= 0.3 is 0 Å². The number of amides is 2. The van der Waals surface area contributed by atoms with Gasteiger partial charge < -0.3 is 14.5 Å². The zero-order chi connectivity index (χ0) is 18.1. The van der Waals surface area contributed by atoms with E-state index in [1.165, 1.54) is 12.1 Å². The first-order valence-electron chi connectivity index (χ1n) is 8.60. The molecule has 1 saturated heterocycles. The molecular formula is C18H19FN4O3. The third-order valence-electron chi connectivity index (χ3n) is 4.65. The maximum atomic E-state index is 13.4. The fraction of sp³-hybridized carbons (Fsp3) is 0.389. The molecule has 8 heteroatoms. The number of rotatable bonds is 3. The van der Waals surface area contributed by atoms with Crippen LogP contribution in [0, 0.1) is 5.82 Å². The van der Waals surface area contributed by atoms with Crippen LogP contribution in [-0.2, 0) is 17.8 Å². The lowest BCUT2D eigenvalue weighted by molar-refractivity contribution is 0.0298. The lowest BCUT2D eigenvalue weighted by atomic mass is 10.2. The molecule has 0 N–H and O–H groups in total. The number of carbonyl (C=O) groups is 2. The number of carbonyl (C=O) groups excluding carboxylic acids is 2. The molecule has 1 fully saturated rings. The van der Waals surface area contributed by atoms with Gasteiger partial charge in [-0.2, -0.15) is 5.10 Å². The predicted molar refractivity (Wildman–Crippen MR) is 90.1 cm³/mol. The highest BCUT2D eigenvalue weighted by molar-refractivity contribution is 5.98. The summed E-state index contributed by atoms with van der Waals surface area (Å²) in [5.74, 6) is -0.705. The van der Waals surface area contributed by atoms with Gasteiger partial charge in [0.25, 0.3) is 11.8 Å². The smallest absolute Gasteiger partial charge is 0.274 e. The van der Waals surface area contributed by atoms with E-state index in [4.69, 9.17) is 4.74 Å². The minimum atomic E-state index is -0.324. The third kappa shape index (κ3) is 3.20. The summed E-state index contributed by atoms with van der Waals surface area (Å²) in [6, 6.07) is 7.77. The van der Waals surface area contributed by atoms with Gasteiger partial charge in [-0.1, -0.05) is 12.1 Å². The Morgan fingerprint density at radius 3 is 2.73 bits per heavy atom. The molecule has 136 valence electrons. The number of hydrogen-bond donors (Lipinski definition) is 0. The van der Waals surface area contributed by atoms with E-state index in [2.05, 4.69) is 5.10 Å². The van der Waals surface area contributed by atoms with E-state index in [0.29, 0.717) is 51.6 Å². The molecule has 4 rings (SSSR count). The molecule has 1 aromatic heterocycles. The molecule has 0 spiro atoms. The van der Waals surface area contributed by atoms with E-state index < -0.39 is 0 Å². The second-order valence-corrected chi connectivity index (χ2v) is 6.40. The van der Waals surface area contributed by atoms with Crippen molar-refractivity contribution < 1.29 is 18.7 Å². The number of hydrogen-bond acceptors (Lipinski definition) is 4. The van der Waals surface area contributed by atoms with Crippen LogP contribution >= 0.6 is 0 Å². The van der Waals surface area contributed by atoms with Crippen molar-refractivity contribution >= 4 is 11.8 Å². The molecule has 0 saturated carbocycles. The Balaban J connectivity index is 1.51. The summed E-state index contributed by atoms with van der Waals surface area (Å²) in [6.45, 7) is 3.39. The summed E-state index contributed by atoms with van der Waals surface area (Å²) in [7, 11) is 0. The summed E-state index contributed by atoms with van der Waals surface area (Å²) in [5.41, 5.74) is 1.41. The Bertz CT molecular complexity index is 845. The second-order valence-electron chi connectivity index (χ2n) is 6.40. The fourth-order valence-electron chi connectivity index (χ4n) is 3.28. The minimum Gasteiger partial charge on any atom is -0.378 e. The zero-order valence-electron chi connectivity index (χ0n) is 14.2. The zero-order valence-corrected chi connectivity index (χ0v) is 14.2. The molecule has 0 radical (unpaired) electrons. The lowest BCUT2D eigenvalue weighted by Crippen LogP contribution is -2.41. The van der Waals surface area contributed by atoms with Crippen molar-refractivity contribution in [2.24, 2.45) is 0 Å². The first-order valence-corrected chi connectivity index (χ1v) is 8.60. The number of morpholine rings is 1. The van der Waals surface area contributed by atoms with Crippen LogP contribution in [0.4, 0.5) is 4.39 Å². The van der Waals surface area contributed by atoms with Crippen LogP contribution in [0.5, 0.6) is 0 Å². The highest BCUT2D eigenvalue weighted by Crippen LogP contribution is 2.18. The highest BCUT2D eigenvalue weighted by Gasteiger charge is 2.29. The van der Waals surface area contributed by atoms with E-state index in [-0.39, 0.29) is 23.3 Å². The quantitative estimate of drug-likeness (QED) is 0.826. The predicted octanol–water partition coefficient (Wildman–Crippen LogP) is 1.15. The lowest BCUT2D eigenvalue weighted by Gasteiger charge is -2.27. The summed E-state index contributed by atoms with van der Waals surface area (Å²) >= 11 is 0. The Hall–Kier alpha value is -2.74. The van der Waals surface area contributed by atoms with Crippen molar-refractivity contribution in [2.45, 2.75) is 13.1 Å². The van der Waals surface area contributed by atoms with Gasteiger partial charge in [0.2, 0.25) is 0 Å². The normalized spacial score (nSPS) is 17.3. The van der Waals surface area contributed by atoms with Gasteiger partial charge in [0, 0.05) is 32.2 Å². The van der Waals surface area contributed by atoms with Gasteiger partial charge in [-0.25, -0.2) is 4.39 Å². The molecule has 0 atom stereocenters. The van der Waals surface area contributed by atoms with Crippen LogP contribution in [0.15, 0.2) is 30.3 Å². The summed E-state index contributed by atoms with van der Waals surface area (Å²) < 4.78 is 20.2. The number of aromatic nitrogens is 2. The molecule has 2 amide bonds. The Labute approximate surface area is 149 Å². The molecule has 2 aromatic rings. The Morgan fingerprint density at radius 2 is 1.96 bits per heavy atom. The number of ether oxygens (including phenoxy) is 1. The van der Waals surface area contributed by atoms with E-state index in [0.717, 1.165) is 5.56 Å². The van der Waals surface area contributed by atoms with Crippen LogP contribution < -0.4 is 0 Å². The van der Waals surface area contributed by atoms with E-state index in [1.54, 1.807) is 32.7 Å². The average molecular weight is 358 g/mol. The molecule has 0 unspecified atom stereocenters. The van der Waals surface area contributed by atoms with Crippen molar-refractivity contribution in [3.8, 4) is 0 Å². The number of halogens is 1. The molecular weight excluding hydrogens is 339 g/mol. The van der Waals surface area contributed by atoms with Gasteiger partial charge in [-0.3, -0.25) is 14.3 Å². The van der Waals surface area contributed by atoms with Crippen molar-refractivity contribution in [2.75, 3.05) is 32.8 Å². The Kier molecular flexibility index (Phi) is 4.42. The molecule has 3 heterocycles. The van der Waals surface area contributed by atoms with Crippen molar-refractivity contribution in [3.05, 3.63) is 53.1 Å². The van der Waals surface area contributed by atoms with Gasteiger partial charge in [0.15, 0.2) is 5.69 Å². The average Bonchev–Trinajstić information content (AvgIpc) is 3.09. The van der Waals surface area contributed by atoms with Gasteiger partial charge in [-0.05, 0) is 17.7 Å². The highest BCUT2D eigenvalue weighted by atomic mass is 19.1. The molecule has 2 aliphatic heterocycles. The van der Waals surface area contributed by atoms with Crippen LogP contribution in [-0.4, -0.2) is 64.2 Å². The molecule has 0 aliphatic carbocycles. The summed E-state index contributed by atoms with van der Waals surface area (Å²) in [4.78, 5) is 28.6. The largest absolute Gasteiger partial charge is 0.378 e. The summed E-state index contributed by atoms with van der Waals surface area (Å²) in [5, 5.41) is 4.31. The fourth-order valence-corrected chi connectivity index (χ4v) is 3.28. The second kappa shape index (κ2) is 6.87. The maximum Gasteiger partial charge on any atom is 0.274 e. The third-order valence-corrected chi connectivity index (χ3v) is 4.65. The van der Waals surface area contributed by atoms with Crippen LogP contribution in [0.25, 0.3) is 0 Å². The standard InChI is InChI=1S/C18H19FN4O3/c19-14-3-1-2-13(10-14)12-22-4-5-23-16(18(22)25)11-15(20-23)17(24)21-6-8-26-9-7-21/h1-3,10-11H,4-9,12H2. The van der Waals surface area contributed by atoms with Crippen molar-refractivity contribution in [1.29, 1.82) is 0 Å². The monoisotopic (exact) mass is 358 g/mol. The van der Waals surface area contributed by atoms with Gasteiger partial charge in [0.05, 0.1) is 19.8 Å². The Morgan fingerprint density at radius 1 is 1.15 bits per heavy atom. The van der Waals surface area contributed by atoms with E-state index in [9.17, 15) is 14.0 Å². The van der Waals surface area contributed by atoms with Crippen LogP contribution in [0.3, 0.4) is 0 Å². The SMILES string of the molecule is O=C(c1cc2n(n1)CCN(Cc1cccc(F)c1)C2=O)N1CCOCC1. The minimum absolute atomic E-state index is 0.181. The van der Waals surface area contributed by atoms with Crippen LogP contribution in [0.2, 0.25) is 0 Å². The first-order chi connectivity index (χ1) is 12.6. The first kappa shape index (κ1) is 16.7.